The minimum absolute atomic E-state index is 0.256. The van der Waals surface area contributed by atoms with Gasteiger partial charge in [-0.2, -0.15) is 0 Å². The quantitative estimate of drug-likeness (QED) is 0.494. The van der Waals surface area contributed by atoms with Gasteiger partial charge >= 0.3 is 5.97 Å². The maximum atomic E-state index is 12.2. The van der Waals surface area contributed by atoms with E-state index in [-0.39, 0.29) is 12.2 Å². The van der Waals surface area contributed by atoms with Gasteiger partial charge in [-0.3, -0.25) is 9.59 Å². The Kier molecular flexibility index (Phi) is 4.45. The molecule has 0 saturated heterocycles. The van der Waals surface area contributed by atoms with E-state index in [1.807, 2.05) is 23.8 Å². The lowest BCUT2D eigenvalue weighted by atomic mass is 10.1. The second kappa shape index (κ2) is 6.13. The number of esters is 1. The third-order valence-corrected chi connectivity index (χ3v) is 3.00. The van der Waals surface area contributed by atoms with Gasteiger partial charge in [0.1, 0.15) is 17.8 Å². The van der Waals surface area contributed by atoms with Crippen molar-refractivity contribution in [2.24, 2.45) is 0 Å². The summed E-state index contributed by atoms with van der Waals surface area (Å²) in [6.07, 6.45) is 3.26. The lowest BCUT2D eigenvalue weighted by molar-refractivity contribution is -0.153. The van der Waals surface area contributed by atoms with Gasteiger partial charge in [0, 0.05) is 23.6 Å². The van der Waals surface area contributed by atoms with E-state index in [9.17, 15) is 9.59 Å². The predicted molar refractivity (Wildman–Crippen MR) is 83.1 cm³/mol. The standard InChI is InChI=1S/C17H20N2O3/c1-12-18-8-9-19(12)14-7-5-6-13(10-14)15(20)11-16(21)22-17(2,3)4/h5-10H,11H2,1-4H3. The summed E-state index contributed by atoms with van der Waals surface area (Å²) in [6.45, 7) is 7.21. The number of ketones is 1. The number of nitrogens with zero attached hydrogens (tertiary/aromatic N) is 2. The average molecular weight is 300 g/mol. The smallest absolute Gasteiger partial charge is 0.314 e. The highest BCUT2D eigenvalue weighted by molar-refractivity contribution is 6.06. The summed E-state index contributed by atoms with van der Waals surface area (Å²) < 4.78 is 7.06. The van der Waals surface area contributed by atoms with Crippen LogP contribution in [0.5, 0.6) is 0 Å². The molecule has 0 fully saturated rings. The van der Waals surface area contributed by atoms with Crippen LogP contribution < -0.4 is 0 Å². The van der Waals surface area contributed by atoms with Crippen molar-refractivity contribution >= 4 is 11.8 Å². The van der Waals surface area contributed by atoms with Crippen molar-refractivity contribution in [2.75, 3.05) is 0 Å². The number of hydrogen-bond donors (Lipinski definition) is 0. The Balaban J connectivity index is 2.15. The van der Waals surface area contributed by atoms with E-state index in [1.54, 1.807) is 45.2 Å². The van der Waals surface area contributed by atoms with E-state index < -0.39 is 11.6 Å². The van der Waals surface area contributed by atoms with Crippen molar-refractivity contribution in [3.05, 3.63) is 48.0 Å². The van der Waals surface area contributed by atoms with Gasteiger partial charge in [-0.25, -0.2) is 4.98 Å². The van der Waals surface area contributed by atoms with Crippen molar-refractivity contribution < 1.29 is 14.3 Å². The molecule has 116 valence electrons. The van der Waals surface area contributed by atoms with Gasteiger partial charge in [0.2, 0.25) is 0 Å². The van der Waals surface area contributed by atoms with Crippen molar-refractivity contribution in [3.63, 3.8) is 0 Å². The number of carbonyl (C=O) groups excluding carboxylic acids is 2. The van der Waals surface area contributed by atoms with Crippen LogP contribution in [0.4, 0.5) is 0 Å². The van der Waals surface area contributed by atoms with Crippen LogP contribution in [-0.2, 0) is 9.53 Å². The molecule has 5 heteroatoms. The summed E-state index contributed by atoms with van der Waals surface area (Å²) in [6, 6.07) is 7.12. The molecule has 22 heavy (non-hydrogen) atoms. The minimum Gasteiger partial charge on any atom is -0.460 e. The number of carbonyl (C=O) groups is 2. The van der Waals surface area contributed by atoms with E-state index in [0.717, 1.165) is 11.5 Å². The van der Waals surface area contributed by atoms with E-state index in [1.165, 1.54) is 0 Å². The Morgan fingerprint density at radius 3 is 2.59 bits per heavy atom. The number of hydrogen-bond acceptors (Lipinski definition) is 4. The fourth-order valence-corrected chi connectivity index (χ4v) is 2.09. The zero-order chi connectivity index (χ0) is 16.3. The highest BCUT2D eigenvalue weighted by Crippen LogP contribution is 2.15. The molecular weight excluding hydrogens is 280 g/mol. The van der Waals surface area contributed by atoms with Crippen LogP contribution in [0.1, 0.15) is 43.4 Å². The van der Waals surface area contributed by atoms with Crippen LogP contribution in [0.25, 0.3) is 5.69 Å². The maximum absolute atomic E-state index is 12.2. The fourth-order valence-electron chi connectivity index (χ4n) is 2.09. The average Bonchev–Trinajstić information content (AvgIpc) is 2.83. The Bertz CT molecular complexity index is 696. The van der Waals surface area contributed by atoms with E-state index in [4.69, 9.17) is 4.74 Å². The second-order valence-electron chi connectivity index (χ2n) is 6.08. The first-order valence-electron chi connectivity index (χ1n) is 7.12. The molecule has 0 aliphatic rings. The largest absolute Gasteiger partial charge is 0.460 e. The molecule has 0 bridgehead atoms. The minimum atomic E-state index is -0.590. The van der Waals surface area contributed by atoms with Gasteiger partial charge in [-0.15, -0.1) is 0 Å². The normalized spacial score (nSPS) is 11.3. The van der Waals surface area contributed by atoms with Gasteiger partial charge < -0.3 is 9.30 Å². The van der Waals surface area contributed by atoms with E-state index in [0.29, 0.717) is 5.56 Å². The second-order valence-corrected chi connectivity index (χ2v) is 6.08. The van der Waals surface area contributed by atoms with Crippen molar-refractivity contribution in [1.29, 1.82) is 0 Å². The molecule has 0 unspecified atom stereocenters. The van der Waals surface area contributed by atoms with Crippen LogP contribution in [0, 0.1) is 6.92 Å². The van der Waals surface area contributed by atoms with E-state index >= 15 is 0 Å². The molecule has 0 aliphatic heterocycles. The van der Waals surface area contributed by atoms with Crippen molar-refractivity contribution in [2.45, 2.75) is 39.7 Å². The van der Waals surface area contributed by atoms with Crippen molar-refractivity contribution in [3.8, 4) is 5.69 Å². The van der Waals surface area contributed by atoms with Crippen LogP contribution >= 0.6 is 0 Å². The van der Waals surface area contributed by atoms with Crippen LogP contribution in [0.2, 0.25) is 0 Å². The first kappa shape index (κ1) is 15.9. The number of rotatable bonds is 4. The summed E-state index contributed by atoms with van der Waals surface area (Å²) in [5.74, 6) is 0.0623. The number of ether oxygens (including phenoxy) is 1. The highest BCUT2D eigenvalue weighted by atomic mass is 16.6. The lowest BCUT2D eigenvalue weighted by Crippen LogP contribution is -2.25. The van der Waals surface area contributed by atoms with Gasteiger partial charge in [0.25, 0.3) is 0 Å². The van der Waals surface area contributed by atoms with Crippen LogP contribution in [-0.4, -0.2) is 26.9 Å². The Morgan fingerprint density at radius 1 is 1.27 bits per heavy atom. The monoisotopic (exact) mass is 300 g/mol. The molecule has 0 atom stereocenters. The maximum Gasteiger partial charge on any atom is 0.314 e. The van der Waals surface area contributed by atoms with Gasteiger partial charge in [0.05, 0.1) is 0 Å². The molecule has 0 N–H and O–H groups in total. The SMILES string of the molecule is Cc1nccn1-c1cccc(C(=O)CC(=O)OC(C)(C)C)c1. The molecule has 2 aromatic rings. The third-order valence-electron chi connectivity index (χ3n) is 3.00. The van der Waals surface area contributed by atoms with Gasteiger partial charge in [-0.05, 0) is 39.8 Å². The summed E-state index contributed by atoms with van der Waals surface area (Å²) in [7, 11) is 0. The number of Topliss-reactive ketones (excluding diaryl/α,β-unsaturated/α-hetero) is 1. The van der Waals surface area contributed by atoms with E-state index in [2.05, 4.69) is 4.98 Å². The molecule has 0 amide bonds. The van der Waals surface area contributed by atoms with Crippen LogP contribution in [0.3, 0.4) is 0 Å². The fraction of sp³-hybridized carbons (Fsp3) is 0.353. The molecule has 0 spiro atoms. The molecule has 1 heterocycles. The Morgan fingerprint density at radius 2 is 2.00 bits per heavy atom. The molecule has 0 radical (unpaired) electrons. The topological polar surface area (TPSA) is 61.2 Å². The Labute approximate surface area is 129 Å². The summed E-state index contributed by atoms with van der Waals surface area (Å²) in [4.78, 5) is 28.1. The van der Waals surface area contributed by atoms with Gasteiger partial charge in [0.15, 0.2) is 5.78 Å². The molecule has 0 aliphatic carbocycles. The van der Waals surface area contributed by atoms with Crippen molar-refractivity contribution in [1.82, 2.24) is 9.55 Å². The summed E-state index contributed by atoms with van der Waals surface area (Å²) >= 11 is 0. The zero-order valence-electron chi connectivity index (χ0n) is 13.3. The lowest BCUT2D eigenvalue weighted by Gasteiger charge is -2.19. The predicted octanol–water partition coefficient (Wildman–Crippen LogP) is 3.10. The number of aryl methyl sites for hydroxylation is 1. The third kappa shape index (κ3) is 4.04. The Hall–Kier alpha value is -2.43. The molecule has 2 rings (SSSR count). The molecule has 5 nitrogen and oxygen atoms in total. The number of benzene rings is 1. The highest BCUT2D eigenvalue weighted by Gasteiger charge is 2.20. The zero-order valence-corrected chi connectivity index (χ0v) is 13.3. The number of imidazole rings is 1. The molecule has 0 saturated carbocycles. The molecular formula is C17H20N2O3. The summed E-state index contributed by atoms with van der Waals surface area (Å²) in [5.41, 5.74) is 0.731. The number of aromatic nitrogens is 2. The first-order valence-corrected chi connectivity index (χ1v) is 7.12. The first-order chi connectivity index (χ1) is 10.3. The van der Waals surface area contributed by atoms with Gasteiger partial charge in [-0.1, -0.05) is 12.1 Å². The summed E-state index contributed by atoms with van der Waals surface area (Å²) in [5, 5.41) is 0. The van der Waals surface area contributed by atoms with Crippen LogP contribution in [0.15, 0.2) is 36.7 Å². The molecule has 1 aromatic carbocycles. The molecule has 1 aromatic heterocycles.